The normalized spacial score (nSPS) is 20.3. The zero-order chi connectivity index (χ0) is 27.6. The quantitative estimate of drug-likeness (QED) is 0.180. The summed E-state index contributed by atoms with van der Waals surface area (Å²) in [5.74, 6) is -0.120. The standard InChI is InChI=1S/C33H32N2O5/c1-3-5-20-39-27-19-18-23(21-28(27)38-4-2)30-29-31(40-35(30)24-14-7-6-8-15-24)33(37)34(32(29)36)26-17-11-13-22-12-9-10-16-25(22)26/h6-19,21,29-31H,3-5,20H2,1-2H3/t29-,30-,31-/m0/s1. The summed E-state index contributed by atoms with van der Waals surface area (Å²) in [6.45, 7) is 5.10. The lowest BCUT2D eigenvalue weighted by molar-refractivity contribution is -0.126. The molecule has 0 unspecified atom stereocenters. The molecule has 0 saturated carbocycles. The van der Waals surface area contributed by atoms with Crippen LogP contribution in [0, 0.1) is 5.92 Å². The number of hydrogen-bond acceptors (Lipinski definition) is 6. The molecule has 7 nitrogen and oxygen atoms in total. The van der Waals surface area contributed by atoms with Crippen LogP contribution in [0.3, 0.4) is 0 Å². The molecule has 2 saturated heterocycles. The Morgan fingerprint density at radius 2 is 1.57 bits per heavy atom. The average molecular weight is 537 g/mol. The van der Waals surface area contributed by atoms with Crippen molar-refractivity contribution >= 4 is 34.0 Å². The van der Waals surface area contributed by atoms with Gasteiger partial charge in [0.2, 0.25) is 5.91 Å². The molecule has 3 atom stereocenters. The number of fused-ring (bicyclic) bond motifs is 2. The van der Waals surface area contributed by atoms with Crippen molar-refractivity contribution in [3.63, 3.8) is 0 Å². The first-order valence-corrected chi connectivity index (χ1v) is 13.9. The van der Waals surface area contributed by atoms with E-state index in [4.69, 9.17) is 14.3 Å². The molecule has 2 aliphatic rings. The molecule has 2 aliphatic heterocycles. The molecule has 0 aromatic heterocycles. The summed E-state index contributed by atoms with van der Waals surface area (Å²) in [6.07, 6.45) is 1.02. The third kappa shape index (κ3) is 4.46. The van der Waals surface area contributed by atoms with Gasteiger partial charge in [-0.1, -0.05) is 74.0 Å². The lowest BCUT2D eigenvalue weighted by Crippen LogP contribution is -2.37. The van der Waals surface area contributed by atoms with Gasteiger partial charge in [0, 0.05) is 5.39 Å². The number of unbranched alkanes of at least 4 members (excludes halogenated alkanes) is 1. The van der Waals surface area contributed by atoms with Gasteiger partial charge in [-0.2, -0.15) is 0 Å². The molecular weight excluding hydrogens is 504 g/mol. The number of carbonyl (C=O) groups is 2. The molecule has 2 heterocycles. The molecule has 2 fully saturated rings. The Morgan fingerprint density at radius 3 is 2.38 bits per heavy atom. The number of nitrogens with zero attached hydrogens (tertiary/aromatic N) is 2. The van der Waals surface area contributed by atoms with Crippen molar-refractivity contribution in [1.29, 1.82) is 0 Å². The van der Waals surface area contributed by atoms with Gasteiger partial charge in [-0.15, -0.1) is 0 Å². The molecule has 0 N–H and O–H groups in total. The van der Waals surface area contributed by atoms with E-state index >= 15 is 0 Å². The molecule has 7 heteroatoms. The zero-order valence-electron chi connectivity index (χ0n) is 22.7. The van der Waals surface area contributed by atoms with E-state index < -0.39 is 18.1 Å². The van der Waals surface area contributed by atoms with Crippen molar-refractivity contribution < 1.29 is 23.9 Å². The number of carbonyl (C=O) groups excluding carboxylic acids is 2. The molecule has 204 valence electrons. The molecule has 0 radical (unpaired) electrons. The first kappa shape index (κ1) is 25.9. The van der Waals surface area contributed by atoms with E-state index in [1.807, 2.05) is 97.9 Å². The third-order valence-electron chi connectivity index (χ3n) is 7.50. The number of para-hydroxylation sites is 1. The van der Waals surface area contributed by atoms with Gasteiger partial charge >= 0.3 is 0 Å². The number of ether oxygens (including phenoxy) is 2. The van der Waals surface area contributed by atoms with Crippen LogP contribution in [0.5, 0.6) is 11.5 Å². The fourth-order valence-corrected chi connectivity index (χ4v) is 5.62. The predicted octanol–water partition coefficient (Wildman–Crippen LogP) is 6.47. The van der Waals surface area contributed by atoms with Crippen LogP contribution in [0.1, 0.15) is 38.3 Å². The molecule has 4 aromatic carbocycles. The van der Waals surface area contributed by atoms with E-state index in [2.05, 4.69) is 6.92 Å². The maximum Gasteiger partial charge on any atom is 0.266 e. The van der Waals surface area contributed by atoms with Gasteiger partial charge in [0.15, 0.2) is 17.6 Å². The molecule has 6 rings (SSSR count). The van der Waals surface area contributed by atoms with Gasteiger partial charge in [-0.3, -0.25) is 14.4 Å². The fraction of sp³-hybridized carbons (Fsp3) is 0.273. The Morgan fingerprint density at radius 1 is 0.800 bits per heavy atom. The zero-order valence-corrected chi connectivity index (χ0v) is 22.7. The van der Waals surface area contributed by atoms with Gasteiger partial charge in [0.05, 0.1) is 30.6 Å². The summed E-state index contributed by atoms with van der Waals surface area (Å²) >= 11 is 0. The number of amides is 2. The second-order valence-electron chi connectivity index (χ2n) is 10.0. The SMILES string of the molecule is CCCCOc1ccc([C@H]2[C@@H]3C(=O)N(c4cccc5ccccc45)C(=O)[C@H]3ON2c2ccccc2)cc1OCC. The molecule has 0 spiro atoms. The minimum absolute atomic E-state index is 0.281. The van der Waals surface area contributed by atoms with E-state index in [1.54, 1.807) is 5.06 Å². The largest absolute Gasteiger partial charge is 0.490 e. The van der Waals surface area contributed by atoms with Crippen molar-refractivity contribution in [3.05, 3.63) is 96.6 Å². The summed E-state index contributed by atoms with van der Waals surface area (Å²) < 4.78 is 12.0. The number of imide groups is 1. The number of rotatable bonds is 9. The highest BCUT2D eigenvalue weighted by Crippen LogP contribution is 2.49. The summed E-state index contributed by atoms with van der Waals surface area (Å²) in [6, 6.07) is 28.2. The van der Waals surface area contributed by atoms with Crippen molar-refractivity contribution in [3.8, 4) is 11.5 Å². The van der Waals surface area contributed by atoms with E-state index in [1.165, 1.54) is 4.90 Å². The van der Waals surface area contributed by atoms with Gasteiger partial charge in [-0.05, 0) is 54.6 Å². The smallest absolute Gasteiger partial charge is 0.266 e. The lowest BCUT2D eigenvalue weighted by Gasteiger charge is -2.29. The van der Waals surface area contributed by atoms with Crippen molar-refractivity contribution in [2.45, 2.75) is 38.8 Å². The van der Waals surface area contributed by atoms with E-state index in [0.717, 1.165) is 34.9 Å². The summed E-state index contributed by atoms with van der Waals surface area (Å²) in [5, 5.41) is 3.50. The van der Waals surface area contributed by atoms with E-state index in [0.29, 0.717) is 30.4 Å². The van der Waals surface area contributed by atoms with Crippen LogP contribution in [0.4, 0.5) is 11.4 Å². The van der Waals surface area contributed by atoms with Crippen molar-refractivity contribution in [2.24, 2.45) is 5.92 Å². The highest BCUT2D eigenvalue weighted by Gasteiger charge is 2.60. The molecule has 0 aliphatic carbocycles. The van der Waals surface area contributed by atoms with Crippen LogP contribution in [0.25, 0.3) is 10.8 Å². The fourth-order valence-electron chi connectivity index (χ4n) is 5.62. The van der Waals surface area contributed by atoms with Gasteiger partial charge < -0.3 is 9.47 Å². The highest BCUT2D eigenvalue weighted by molar-refractivity contribution is 6.26. The van der Waals surface area contributed by atoms with E-state index in [9.17, 15) is 9.59 Å². The highest BCUT2D eigenvalue weighted by atomic mass is 16.7. The van der Waals surface area contributed by atoms with Crippen molar-refractivity contribution in [2.75, 3.05) is 23.2 Å². The Bertz CT molecular complexity index is 1530. The van der Waals surface area contributed by atoms with Crippen LogP contribution < -0.4 is 19.4 Å². The van der Waals surface area contributed by atoms with Crippen LogP contribution in [-0.2, 0) is 14.4 Å². The molecule has 4 aromatic rings. The third-order valence-corrected chi connectivity index (χ3v) is 7.50. The first-order chi connectivity index (χ1) is 19.6. The van der Waals surface area contributed by atoms with Crippen LogP contribution >= 0.6 is 0 Å². The Kier molecular flexibility index (Phi) is 7.13. The molecular formula is C33H32N2O5. The lowest BCUT2D eigenvalue weighted by atomic mass is 9.90. The summed E-state index contributed by atoms with van der Waals surface area (Å²) in [7, 11) is 0. The maximum atomic E-state index is 14.2. The van der Waals surface area contributed by atoms with Gasteiger partial charge in [-0.25, -0.2) is 9.96 Å². The average Bonchev–Trinajstić information content (AvgIpc) is 3.49. The molecule has 2 amide bonds. The van der Waals surface area contributed by atoms with Crippen LogP contribution in [-0.4, -0.2) is 31.1 Å². The maximum absolute atomic E-state index is 14.2. The number of hydroxylamine groups is 1. The van der Waals surface area contributed by atoms with Crippen LogP contribution in [0.15, 0.2) is 91.0 Å². The number of anilines is 2. The Hall–Kier alpha value is -4.36. The molecule has 0 bridgehead atoms. The predicted molar refractivity (Wildman–Crippen MR) is 154 cm³/mol. The summed E-state index contributed by atoms with van der Waals surface area (Å²) in [5.41, 5.74) is 2.15. The molecule has 40 heavy (non-hydrogen) atoms. The van der Waals surface area contributed by atoms with Crippen molar-refractivity contribution in [1.82, 2.24) is 0 Å². The second-order valence-corrected chi connectivity index (χ2v) is 10.0. The minimum Gasteiger partial charge on any atom is -0.490 e. The Labute approximate surface area is 233 Å². The topological polar surface area (TPSA) is 68.3 Å². The monoisotopic (exact) mass is 536 g/mol. The summed E-state index contributed by atoms with van der Waals surface area (Å²) in [4.78, 5) is 35.7. The van der Waals surface area contributed by atoms with E-state index in [-0.39, 0.29) is 11.8 Å². The Balaban J connectivity index is 1.42. The van der Waals surface area contributed by atoms with Crippen LogP contribution in [0.2, 0.25) is 0 Å². The van der Waals surface area contributed by atoms with Gasteiger partial charge in [0.25, 0.3) is 5.91 Å². The minimum atomic E-state index is -0.951. The first-order valence-electron chi connectivity index (χ1n) is 13.9. The number of hydrogen-bond donors (Lipinski definition) is 0. The number of benzene rings is 4. The second kappa shape index (κ2) is 11.0. The van der Waals surface area contributed by atoms with Gasteiger partial charge in [0.1, 0.15) is 5.92 Å².